The van der Waals surface area contributed by atoms with E-state index in [9.17, 15) is 0 Å². The minimum absolute atomic E-state index is 0.301. The van der Waals surface area contributed by atoms with Crippen molar-refractivity contribution in [2.24, 2.45) is 5.84 Å². The highest BCUT2D eigenvalue weighted by Gasteiger charge is 2.12. The summed E-state index contributed by atoms with van der Waals surface area (Å²) in [4.78, 5) is 0. The predicted octanol–water partition coefficient (Wildman–Crippen LogP) is 2.61. The number of benzene rings is 1. The quantitative estimate of drug-likeness (QED) is 0.579. The highest BCUT2D eigenvalue weighted by Crippen LogP contribution is 2.12. The van der Waals surface area contributed by atoms with E-state index in [0.29, 0.717) is 6.04 Å². The Labute approximate surface area is 127 Å². The van der Waals surface area contributed by atoms with Gasteiger partial charge in [-0.05, 0) is 44.7 Å². The molecular formula is C17H26N4. The number of hydrogen-bond donors (Lipinski definition) is 2. The molecule has 0 spiro atoms. The normalized spacial score (nSPS) is 12.5. The Bertz CT molecular complexity index is 533. The van der Waals surface area contributed by atoms with Crippen LogP contribution in [0.2, 0.25) is 0 Å². The molecule has 0 saturated heterocycles. The zero-order valence-electron chi connectivity index (χ0n) is 13.0. The van der Waals surface area contributed by atoms with Gasteiger partial charge in [0.2, 0.25) is 0 Å². The molecule has 0 radical (unpaired) electrons. The van der Waals surface area contributed by atoms with Crippen molar-refractivity contribution in [1.29, 1.82) is 0 Å². The summed E-state index contributed by atoms with van der Waals surface area (Å²) < 4.78 is 2.07. The molecule has 0 amide bonds. The van der Waals surface area contributed by atoms with Crippen molar-refractivity contribution in [2.45, 2.75) is 52.1 Å². The molecule has 114 valence electrons. The average Bonchev–Trinajstić information content (AvgIpc) is 2.87. The van der Waals surface area contributed by atoms with Crippen LogP contribution < -0.4 is 11.3 Å². The molecule has 0 bridgehead atoms. The van der Waals surface area contributed by atoms with Crippen molar-refractivity contribution < 1.29 is 0 Å². The first-order valence-corrected chi connectivity index (χ1v) is 7.76. The number of hydrazine groups is 1. The Hall–Kier alpha value is -1.65. The summed E-state index contributed by atoms with van der Waals surface area (Å²) in [7, 11) is 0. The summed E-state index contributed by atoms with van der Waals surface area (Å²) >= 11 is 0. The van der Waals surface area contributed by atoms with E-state index >= 15 is 0 Å². The number of aryl methyl sites for hydroxylation is 3. The van der Waals surface area contributed by atoms with E-state index in [0.717, 1.165) is 37.9 Å². The third-order valence-corrected chi connectivity index (χ3v) is 3.84. The van der Waals surface area contributed by atoms with Gasteiger partial charge in [-0.3, -0.25) is 16.0 Å². The van der Waals surface area contributed by atoms with Gasteiger partial charge in [-0.2, -0.15) is 5.10 Å². The third kappa shape index (κ3) is 4.69. The summed E-state index contributed by atoms with van der Waals surface area (Å²) in [5.41, 5.74) is 6.69. The smallest absolute Gasteiger partial charge is 0.0596 e. The molecule has 2 rings (SSSR count). The highest BCUT2D eigenvalue weighted by molar-refractivity contribution is 5.14. The summed E-state index contributed by atoms with van der Waals surface area (Å²) in [6.45, 7) is 5.07. The minimum atomic E-state index is 0.301. The fraction of sp³-hybridized carbons (Fsp3) is 0.471. The van der Waals surface area contributed by atoms with Gasteiger partial charge in [-0.1, -0.05) is 30.3 Å². The standard InChI is InChI=1S/C17H26N4/c1-3-21-17(12-14(2)20-21)13-16(19-18)11-7-10-15-8-5-4-6-9-15/h4-6,8-9,12,16,19H,3,7,10-11,13,18H2,1-2H3. The molecule has 0 aliphatic carbocycles. The molecule has 0 saturated carbocycles. The number of aromatic nitrogens is 2. The molecule has 0 aliphatic rings. The predicted molar refractivity (Wildman–Crippen MR) is 86.8 cm³/mol. The van der Waals surface area contributed by atoms with E-state index in [1.165, 1.54) is 11.3 Å². The maximum Gasteiger partial charge on any atom is 0.0596 e. The van der Waals surface area contributed by atoms with Crippen molar-refractivity contribution in [2.75, 3.05) is 0 Å². The lowest BCUT2D eigenvalue weighted by molar-refractivity contribution is 0.459. The van der Waals surface area contributed by atoms with Crippen LogP contribution in [0.5, 0.6) is 0 Å². The van der Waals surface area contributed by atoms with Crippen LogP contribution in [0.4, 0.5) is 0 Å². The Morgan fingerprint density at radius 2 is 2.05 bits per heavy atom. The van der Waals surface area contributed by atoms with Gasteiger partial charge in [0.25, 0.3) is 0 Å². The topological polar surface area (TPSA) is 55.9 Å². The van der Waals surface area contributed by atoms with E-state index in [2.05, 4.69) is 58.5 Å². The lowest BCUT2D eigenvalue weighted by atomic mass is 10.0. The van der Waals surface area contributed by atoms with Crippen molar-refractivity contribution in [1.82, 2.24) is 15.2 Å². The van der Waals surface area contributed by atoms with E-state index < -0.39 is 0 Å². The van der Waals surface area contributed by atoms with Gasteiger partial charge in [-0.25, -0.2) is 0 Å². The first-order chi connectivity index (χ1) is 10.2. The number of nitrogens with two attached hydrogens (primary N) is 1. The number of nitrogens with one attached hydrogen (secondary N) is 1. The second-order valence-electron chi connectivity index (χ2n) is 5.54. The lowest BCUT2D eigenvalue weighted by Gasteiger charge is -2.16. The maximum atomic E-state index is 5.72. The molecule has 3 N–H and O–H groups in total. The Balaban J connectivity index is 1.85. The monoisotopic (exact) mass is 286 g/mol. The van der Waals surface area contributed by atoms with Crippen LogP contribution in [-0.4, -0.2) is 15.8 Å². The Morgan fingerprint density at radius 3 is 2.71 bits per heavy atom. The van der Waals surface area contributed by atoms with Gasteiger partial charge in [0.05, 0.1) is 5.69 Å². The number of hydrogen-bond acceptors (Lipinski definition) is 3. The van der Waals surface area contributed by atoms with Gasteiger partial charge >= 0.3 is 0 Å². The largest absolute Gasteiger partial charge is 0.271 e. The average molecular weight is 286 g/mol. The van der Waals surface area contributed by atoms with Crippen molar-refractivity contribution >= 4 is 0 Å². The second kappa shape index (κ2) is 7.96. The van der Waals surface area contributed by atoms with Crippen molar-refractivity contribution in [3.05, 3.63) is 53.3 Å². The molecule has 1 unspecified atom stereocenters. The second-order valence-corrected chi connectivity index (χ2v) is 5.54. The van der Waals surface area contributed by atoms with E-state index in [1.54, 1.807) is 0 Å². The van der Waals surface area contributed by atoms with Crippen LogP contribution in [0.25, 0.3) is 0 Å². The molecule has 1 heterocycles. The highest BCUT2D eigenvalue weighted by atomic mass is 15.3. The number of nitrogens with zero attached hydrogens (tertiary/aromatic N) is 2. The van der Waals surface area contributed by atoms with Gasteiger partial charge in [0.1, 0.15) is 0 Å². The lowest BCUT2D eigenvalue weighted by Crippen LogP contribution is -2.37. The van der Waals surface area contributed by atoms with E-state index in [-0.39, 0.29) is 0 Å². The molecule has 4 heteroatoms. The van der Waals surface area contributed by atoms with Gasteiger partial charge in [0.15, 0.2) is 0 Å². The van der Waals surface area contributed by atoms with Gasteiger partial charge in [-0.15, -0.1) is 0 Å². The summed E-state index contributed by atoms with van der Waals surface area (Å²) in [5.74, 6) is 5.72. The Morgan fingerprint density at radius 1 is 1.29 bits per heavy atom. The van der Waals surface area contributed by atoms with Crippen LogP contribution in [0.1, 0.15) is 36.7 Å². The molecular weight excluding hydrogens is 260 g/mol. The zero-order chi connectivity index (χ0) is 15.1. The van der Waals surface area contributed by atoms with Gasteiger partial charge in [0, 0.05) is 24.7 Å². The molecule has 1 aromatic carbocycles. The molecule has 1 atom stereocenters. The van der Waals surface area contributed by atoms with Crippen LogP contribution in [0, 0.1) is 6.92 Å². The molecule has 0 fully saturated rings. The zero-order valence-corrected chi connectivity index (χ0v) is 13.0. The van der Waals surface area contributed by atoms with Crippen LogP contribution in [0.3, 0.4) is 0 Å². The first-order valence-electron chi connectivity index (χ1n) is 7.76. The summed E-state index contributed by atoms with van der Waals surface area (Å²) in [6.07, 6.45) is 4.24. The fourth-order valence-electron chi connectivity index (χ4n) is 2.73. The first kappa shape index (κ1) is 15.7. The summed E-state index contributed by atoms with van der Waals surface area (Å²) in [5, 5.41) is 4.49. The van der Waals surface area contributed by atoms with E-state index in [1.807, 2.05) is 6.92 Å². The summed E-state index contributed by atoms with van der Waals surface area (Å²) in [6, 6.07) is 13.1. The SMILES string of the molecule is CCn1nc(C)cc1CC(CCCc1ccccc1)NN. The fourth-order valence-corrected chi connectivity index (χ4v) is 2.73. The van der Waals surface area contributed by atoms with E-state index in [4.69, 9.17) is 5.84 Å². The molecule has 2 aromatic rings. The molecule has 4 nitrogen and oxygen atoms in total. The molecule has 0 aliphatic heterocycles. The third-order valence-electron chi connectivity index (χ3n) is 3.84. The van der Waals surface area contributed by atoms with Crippen LogP contribution in [0.15, 0.2) is 36.4 Å². The number of rotatable bonds is 8. The van der Waals surface area contributed by atoms with Crippen molar-refractivity contribution in [3.63, 3.8) is 0 Å². The van der Waals surface area contributed by atoms with Crippen LogP contribution >= 0.6 is 0 Å². The minimum Gasteiger partial charge on any atom is -0.271 e. The van der Waals surface area contributed by atoms with Crippen LogP contribution in [-0.2, 0) is 19.4 Å². The Kier molecular flexibility index (Phi) is 5.96. The van der Waals surface area contributed by atoms with Crippen molar-refractivity contribution in [3.8, 4) is 0 Å². The molecule has 21 heavy (non-hydrogen) atoms. The maximum absolute atomic E-state index is 5.72. The molecule has 1 aromatic heterocycles. The van der Waals surface area contributed by atoms with Gasteiger partial charge < -0.3 is 0 Å².